The second-order valence-corrected chi connectivity index (χ2v) is 6.92. The van der Waals surface area contributed by atoms with Crippen LogP contribution in [0.15, 0.2) is 42.5 Å². The first kappa shape index (κ1) is 17.3. The zero-order valence-corrected chi connectivity index (χ0v) is 14.7. The number of hydrogen-bond acceptors (Lipinski definition) is 2. The van der Waals surface area contributed by atoms with E-state index in [-0.39, 0.29) is 5.82 Å². The molecule has 3 rings (SSSR count). The minimum Gasteiger partial charge on any atom is -0.316 e. The van der Waals surface area contributed by atoms with Gasteiger partial charge in [0.2, 0.25) is 0 Å². The molecule has 1 aliphatic heterocycles. The molecule has 1 N–H and O–H groups in total. The lowest BCUT2D eigenvalue weighted by atomic mass is 9.99. The number of hydrogen-bond donors (Lipinski definition) is 1. The molecule has 1 amide bonds. The van der Waals surface area contributed by atoms with Crippen LogP contribution in [0.25, 0.3) is 0 Å². The van der Waals surface area contributed by atoms with E-state index in [0.29, 0.717) is 30.4 Å². The number of nitrogens with zero attached hydrogens (tertiary/aromatic N) is 1. The van der Waals surface area contributed by atoms with Crippen molar-refractivity contribution in [2.45, 2.75) is 26.3 Å². The van der Waals surface area contributed by atoms with E-state index < -0.39 is 11.7 Å². The van der Waals surface area contributed by atoms with Crippen LogP contribution in [0, 0.1) is 5.82 Å². The first-order chi connectivity index (χ1) is 11.9. The lowest BCUT2D eigenvalue weighted by Gasteiger charge is -2.22. The summed E-state index contributed by atoms with van der Waals surface area (Å²) in [7, 11) is 1.92. The third kappa shape index (κ3) is 3.46. The summed E-state index contributed by atoms with van der Waals surface area (Å²) in [5.41, 5.74) is 3.04. The Bertz CT molecular complexity index is 832. The maximum Gasteiger partial charge on any atom is 0.303 e. The molecule has 0 bridgehead atoms. The molecule has 1 aliphatic rings. The SMILES string of the molecule is CC(C)c1ccc2c(c1)C(=O)C(=O)N2C[NH+](C)Cc1cccc(F)c1. The number of carbonyl (C=O) groups is 2. The van der Waals surface area contributed by atoms with Crippen LogP contribution in [-0.4, -0.2) is 25.4 Å². The lowest BCUT2D eigenvalue weighted by molar-refractivity contribution is -0.892. The van der Waals surface area contributed by atoms with Crippen LogP contribution in [0.1, 0.15) is 41.3 Å². The maximum absolute atomic E-state index is 13.3. The summed E-state index contributed by atoms with van der Waals surface area (Å²) in [5.74, 6) is -0.918. The van der Waals surface area contributed by atoms with Gasteiger partial charge in [0, 0.05) is 5.56 Å². The van der Waals surface area contributed by atoms with Gasteiger partial charge in [-0.2, -0.15) is 0 Å². The monoisotopic (exact) mass is 341 g/mol. The molecule has 1 unspecified atom stereocenters. The molecule has 0 saturated heterocycles. The van der Waals surface area contributed by atoms with Crippen molar-refractivity contribution in [1.82, 2.24) is 0 Å². The van der Waals surface area contributed by atoms with Crippen molar-refractivity contribution in [2.24, 2.45) is 0 Å². The molecule has 4 nitrogen and oxygen atoms in total. The number of anilines is 1. The largest absolute Gasteiger partial charge is 0.316 e. The Morgan fingerprint density at radius 2 is 1.88 bits per heavy atom. The number of carbonyl (C=O) groups excluding carboxylic acids is 2. The Kier molecular flexibility index (Phi) is 4.68. The molecule has 0 aromatic heterocycles. The van der Waals surface area contributed by atoms with Gasteiger partial charge in [-0.15, -0.1) is 0 Å². The van der Waals surface area contributed by atoms with Crippen molar-refractivity contribution in [1.29, 1.82) is 0 Å². The van der Waals surface area contributed by atoms with Gasteiger partial charge < -0.3 is 4.90 Å². The highest BCUT2D eigenvalue weighted by atomic mass is 19.1. The molecule has 0 saturated carbocycles. The molecule has 2 aromatic carbocycles. The molecular formula is C20H22FN2O2+. The Morgan fingerprint density at radius 3 is 2.56 bits per heavy atom. The van der Waals surface area contributed by atoms with Gasteiger partial charge in [0.25, 0.3) is 5.78 Å². The number of fused-ring (bicyclic) bond motifs is 1. The summed E-state index contributed by atoms with van der Waals surface area (Å²) in [6.45, 7) is 5.03. The van der Waals surface area contributed by atoms with Gasteiger partial charge in [-0.1, -0.05) is 32.0 Å². The second kappa shape index (κ2) is 6.76. The van der Waals surface area contributed by atoms with Gasteiger partial charge >= 0.3 is 5.91 Å². The minimum absolute atomic E-state index is 0.274. The summed E-state index contributed by atoms with van der Waals surface area (Å²) in [6.07, 6.45) is 0. The Morgan fingerprint density at radius 1 is 1.12 bits per heavy atom. The molecule has 2 aromatic rings. The molecule has 1 heterocycles. The highest BCUT2D eigenvalue weighted by Crippen LogP contribution is 2.31. The van der Waals surface area contributed by atoms with Gasteiger partial charge in [0.15, 0.2) is 6.67 Å². The molecule has 0 aliphatic carbocycles. The smallest absolute Gasteiger partial charge is 0.303 e. The molecule has 0 radical (unpaired) electrons. The molecule has 0 spiro atoms. The number of amides is 1. The number of halogens is 1. The van der Waals surface area contributed by atoms with Crippen LogP contribution >= 0.6 is 0 Å². The first-order valence-electron chi connectivity index (χ1n) is 8.42. The number of Topliss-reactive ketones (excluding diaryl/α,β-unsaturated/α-hetero) is 1. The normalized spacial score (nSPS) is 15.0. The van der Waals surface area contributed by atoms with Crippen molar-refractivity contribution in [3.8, 4) is 0 Å². The second-order valence-electron chi connectivity index (χ2n) is 6.92. The fourth-order valence-electron chi connectivity index (χ4n) is 3.16. The highest BCUT2D eigenvalue weighted by Gasteiger charge is 2.37. The van der Waals surface area contributed by atoms with Crippen molar-refractivity contribution in [2.75, 3.05) is 18.6 Å². The van der Waals surface area contributed by atoms with Crippen molar-refractivity contribution < 1.29 is 18.9 Å². The highest BCUT2D eigenvalue weighted by molar-refractivity contribution is 6.52. The summed E-state index contributed by atoms with van der Waals surface area (Å²) in [4.78, 5) is 27.2. The molecule has 0 fully saturated rings. The Hall–Kier alpha value is -2.53. The molecular weight excluding hydrogens is 319 g/mol. The van der Waals surface area contributed by atoms with Crippen LogP contribution in [0.4, 0.5) is 10.1 Å². The zero-order valence-electron chi connectivity index (χ0n) is 14.7. The zero-order chi connectivity index (χ0) is 18.1. The summed E-state index contributed by atoms with van der Waals surface area (Å²) >= 11 is 0. The Labute approximate surface area is 146 Å². The van der Waals surface area contributed by atoms with Gasteiger partial charge in [0.05, 0.1) is 18.3 Å². The van der Waals surface area contributed by atoms with E-state index in [1.165, 1.54) is 17.0 Å². The maximum atomic E-state index is 13.3. The Balaban J connectivity index is 1.79. The fraction of sp³-hybridized carbons (Fsp3) is 0.300. The van der Waals surface area contributed by atoms with E-state index in [1.54, 1.807) is 6.07 Å². The summed E-state index contributed by atoms with van der Waals surface area (Å²) in [5, 5.41) is 0. The standard InChI is InChI=1S/C20H21FN2O2/c1-13(2)15-7-8-18-17(10-15)19(24)20(25)23(18)12-22(3)11-14-5-4-6-16(21)9-14/h4-10,13H,11-12H2,1-3H3/p+1. The average molecular weight is 341 g/mol. The van der Waals surface area contributed by atoms with Crippen molar-refractivity contribution in [3.05, 3.63) is 65.0 Å². The average Bonchev–Trinajstić information content (AvgIpc) is 2.79. The van der Waals surface area contributed by atoms with Crippen molar-refractivity contribution in [3.63, 3.8) is 0 Å². The van der Waals surface area contributed by atoms with E-state index in [2.05, 4.69) is 13.8 Å². The lowest BCUT2D eigenvalue weighted by Crippen LogP contribution is -3.09. The number of ketones is 1. The number of quaternary nitrogens is 1. The van der Waals surface area contributed by atoms with Gasteiger partial charge in [-0.25, -0.2) is 4.39 Å². The number of benzene rings is 2. The van der Waals surface area contributed by atoms with E-state index in [1.807, 2.05) is 31.3 Å². The molecule has 5 heteroatoms. The van der Waals surface area contributed by atoms with Crippen LogP contribution < -0.4 is 9.80 Å². The van der Waals surface area contributed by atoms with Gasteiger partial charge in [-0.3, -0.25) is 14.5 Å². The summed E-state index contributed by atoms with van der Waals surface area (Å²) < 4.78 is 13.3. The molecule has 25 heavy (non-hydrogen) atoms. The van der Waals surface area contributed by atoms with E-state index >= 15 is 0 Å². The molecule has 130 valence electrons. The van der Waals surface area contributed by atoms with Crippen LogP contribution in [-0.2, 0) is 11.3 Å². The third-order valence-corrected chi connectivity index (χ3v) is 4.49. The predicted molar refractivity (Wildman–Crippen MR) is 94.2 cm³/mol. The van der Waals surface area contributed by atoms with E-state index in [0.717, 1.165) is 16.0 Å². The number of rotatable bonds is 5. The van der Waals surface area contributed by atoms with Crippen molar-refractivity contribution >= 4 is 17.4 Å². The van der Waals surface area contributed by atoms with Crippen LogP contribution in [0.2, 0.25) is 0 Å². The molecule has 1 atom stereocenters. The topological polar surface area (TPSA) is 41.8 Å². The van der Waals surface area contributed by atoms with E-state index in [4.69, 9.17) is 0 Å². The number of nitrogens with one attached hydrogen (secondary N) is 1. The van der Waals surface area contributed by atoms with Gasteiger partial charge in [-0.05, 0) is 35.7 Å². The van der Waals surface area contributed by atoms with E-state index in [9.17, 15) is 14.0 Å². The van der Waals surface area contributed by atoms with Gasteiger partial charge in [0.1, 0.15) is 12.4 Å². The fourth-order valence-corrected chi connectivity index (χ4v) is 3.16. The predicted octanol–water partition coefficient (Wildman–Crippen LogP) is 2.15. The third-order valence-electron chi connectivity index (χ3n) is 4.49. The summed E-state index contributed by atoms with van der Waals surface area (Å²) in [6, 6.07) is 12.1. The minimum atomic E-state index is -0.491. The van der Waals surface area contributed by atoms with Crippen LogP contribution in [0.3, 0.4) is 0 Å². The van der Waals surface area contributed by atoms with Crippen LogP contribution in [0.5, 0.6) is 0 Å². The quantitative estimate of drug-likeness (QED) is 0.847. The first-order valence-corrected chi connectivity index (χ1v) is 8.42.